The van der Waals surface area contributed by atoms with Gasteiger partial charge in [-0.3, -0.25) is 9.59 Å². The molecule has 0 radical (unpaired) electrons. The molecule has 2 aromatic rings. The quantitative estimate of drug-likeness (QED) is 0.486. The van der Waals surface area contributed by atoms with E-state index in [2.05, 4.69) is 30.8 Å². The van der Waals surface area contributed by atoms with Crippen LogP contribution in [0.1, 0.15) is 26.8 Å². The first-order valence-electron chi connectivity index (χ1n) is 11.3. The van der Waals surface area contributed by atoms with Gasteiger partial charge in [0.15, 0.2) is 10.00 Å². The zero-order valence-electron chi connectivity index (χ0n) is 19.7. The number of carbonyl (C=O) groups excluding carboxylic acids is 3. The number of nitrogens with zero attached hydrogens (tertiary/aromatic N) is 4. The van der Waals surface area contributed by atoms with Crippen LogP contribution in [0.25, 0.3) is 0 Å². The number of nitrogens with one attached hydrogen (secondary N) is 3. The molecule has 0 bridgehead atoms. The normalized spacial score (nSPS) is 19.7. The summed E-state index contributed by atoms with van der Waals surface area (Å²) in [6, 6.07) is 2.23. The highest BCUT2D eigenvalue weighted by molar-refractivity contribution is 7.82. The number of rotatable bonds is 4. The molecule has 0 spiro atoms. The Hall–Kier alpha value is -2.87. The summed E-state index contributed by atoms with van der Waals surface area (Å²) in [4.78, 5) is 51.2. The van der Waals surface area contributed by atoms with E-state index in [0.29, 0.717) is 28.8 Å². The van der Waals surface area contributed by atoms with Crippen molar-refractivity contribution in [1.82, 2.24) is 30.4 Å². The predicted molar refractivity (Wildman–Crippen MR) is 139 cm³/mol. The van der Waals surface area contributed by atoms with Crippen LogP contribution in [-0.4, -0.2) is 88.5 Å². The van der Waals surface area contributed by atoms with Crippen molar-refractivity contribution in [2.45, 2.75) is 31.5 Å². The predicted octanol–water partition coefficient (Wildman–Crippen LogP) is 1.67. The molecule has 2 unspecified atom stereocenters. The van der Waals surface area contributed by atoms with Crippen LogP contribution < -0.4 is 16.0 Å². The van der Waals surface area contributed by atoms with Crippen molar-refractivity contribution in [2.75, 3.05) is 39.1 Å². The largest absolute Gasteiger partial charge is 0.453 e. The fourth-order valence-electron chi connectivity index (χ4n) is 4.07. The molecule has 11 nitrogen and oxygen atoms in total. The highest BCUT2D eigenvalue weighted by Gasteiger charge is 2.35. The summed E-state index contributed by atoms with van der Waals surface area (Å²) in [7, 11) is 3.34. The summed E-state index contributed by atoms with van der Waals surface area (Å²) in [6.45, 7) is 2.21. The summed E-state index contributed by atoms with van der Waals surface area (Å²) in [5.41, 5.74) is 0.950. The van der Waals surface area contributed by atoms with E-state index in [1.165, 1.54) is 29.5 Å². The molecule has 14 heteroatoms. The molecule has 2 atom stereocenters. The van der Waals surface area contributed by atoms with Gasteiger partial charge in [-0.2, -0.15) is 0 Å². The van der Waals surface area contributed by atoms with Gasteiger partial charge in [0, 0.05) is 43.7 Å². The van der Waals surface area contributed by atoms with Gasteiger partial charge in [0.25, 0.3) is 11.8 Å². The molecule has 0 aliphatic carbocycles. The van der Waals surface area contributed by atoms with E-state index in [1.54, 1.807) is 12.1 Å². The van der Waals surface area contributed by atoms with Crippen molar-refractivity contribution in [3.05, 3.63) is 38.9 Å². The van der Waals surface area contributed by atoms with E-state index in [4.69, 9.17) is 28.6 Å². The molecule has 1 fully saturated rings. The second-order valence-electron chi connectivity index (χ2n) is 8.56. The van der Waals surface area contributed by atoms with Gasteiger partial charge in [-0.05, 0) is 25.6 Å². The third-order valence-electron chi connectivity index (χ3n) is 5.97. The highest BCUT2D eigenvalue weighted by atomic mass is 35.5. The minimum atomic E-state index is -0.544. The SMILES string of the molecule is COC(=O)N1CCC(NC(=S)C(=O)Nc2ccc(Cl)cn2)C(NC(=O)c2nc3c(s2)CN(C)CC3)C1. The Morgan fingerprint density at radius 3 is 2.75 bits per heavy atom. The number of thiazole rings is 1. The van der Waals surface area contributed by atoms with Crippen LogP contribution in [0.4, 0.5) is 10.6 Å². The van der Waals surface area contributed by atoms with Crippen LogP contribution in [-0.2, 0) is 22.5 Å². The average molecular weight is 552 g/mol. The van der Waals surface area contributed by atoms with Gasteiger partial charge in [0.1, 0.15) is 5.82 Å². The van der Waals surface area contributed by atoms with Crippen molar-refractivity contribution in [1.29, 1.82) is 0 Å². The number of thiocarbonyl (C=S) groups is 1. The Morgan fingerprint density at radius 2 is 2.03 bits per heavy atom. The molecule has 2 aromatic heterocycles. The minimum Gasteiger partial charge on any atom is -0.453 e. The smallest absolute Gasteiger partial charge is 0.409 e. The van der Waals surface area contributed by atoms with Gasteiger partial charge in [0.2, 0.25) is 0 Å². The summed E-state index contributed by atoms with van der Waals surface area (Å²) >= 11 is 12.5. The van der Waals surface area contributed by atoms with Crippen molar-refractivity contribution in [3.63, 3.8) is 0 Å². The number of ether oxygens (including phenoxy) is 1. The van der Waals surface area contributed by atoms with Crippen molar-refractivity contribution in [2.24, 2.45) is 0 Å². The lowest BCUT2D eigenvalue weighted by Gasteiger charge is -2.38. The van der Waals surface area contributed by atoms with Crippen molar-refractivity contribution in [3.8, 4) is 0 Å². The van der Waals surface area contributed by atoms with Crippen LogP contribution in [0.2, 0.25) is 5.02 Å². The maximum absolute atomic E-state index is 13.1. The highest BCUT2D eigenvalue weighted by Crippen LogP contribution is 2.25. The number of piperidine rings is 1. The number of aromatic nitrogens is 2. The third kappa shape index (κ3) is 6.27. The molecular formula is C22H26ClN7O4S2. The number of amides is 3. The Balaban J connectivity index is 1.44. The minimum absolute atomic E-state index is 0.0599. The monoisotopic (exact) mass is 551 g/mol. The molecule has 0 aromatic carbocycles. The zero-order chi connectivity index (χ0) is 25.8. The molecular weight excluding hydrogens is 526 g/mol. The molecule has 4 heterocycles. The molecule has 0 saturated carbocycles. The number of fused-ring (bicyclic) bond motifs is 1. The molecule has 3 amide bonds. The lowest BCUT2D eigenvalue weighted by Crippen LogP contribution is -2.62. The van der Waals surface area contributed by atoms with E-state index in [0.717, 1.165) is 30.1 Å². The standard InChI is InChI=1S/C22H26ClN7O4S2/c1-29-7-5-14-16(11-29)36-21(27-14)19(32)25-15-10-30(22(33)34-2)8-6-13(15)26-20(35)18(31)28-17-4-3-12(23)9-24-17/h3-4,9,13,15H,5-8,10-11H2,1-2H3,(H,25,32)(H,26,35)(H,24,28,31). The first-order chi connectivity index (χ1) is 17.2. The average Bonchev–Trinajstić information content (AvgIpc) is 3.29. The number of methoxy groups -OCH3 is 1. The maximum Gasteiger partial charge on any atom is 0.409 e. The molecule has 3 N–H and O–H groups in total. The van der Waals surface area contributed by atoms with Crippen LogP contribution in [0, 0.1) is 0 Å². The van der Waals surface area contributed by atoms with Crippen LogP contribution in [0.5, 0.6) is 0 Å². The topological polar surface area (TPSA) is 129 Å². The van der Waals surface area contributed by atoms with Gasteiger partial charge in [-0.1, -0.05) is 23.8 Å². The number of likely N-dealkylation sites (N-methyl/N-ethyl adjacent to an activating group) is 1. The van der Waals surface area contributed by atoms with E-state index >= 15 is 0 Å². The second kappa shape index (κ2) is 11.5. The first-order valence-corrected chi connectivity index (χ1v) is 12.9. The summed E-state index contributed by atoms with van der Waals surface area (Å²) in [6.07, 6.45) is 2.15. The van der Waals surface area contributed by atoms with Crippen LogP contribution in [0.3, 0.4) is 0 Å². The lowest BCUT2D eigenvalue weighted by molar-refractivity contribution is -0.110. The zero-order valence-corrected chi connectivity index (χ0v) is 22.1. The van der Waals surface area contributed by atoms with Gasteiger partial charge in [0.05, 0.1) is 29.9 Å². The number of halogens is 1. The molecule has 192 valence electrons. The van der Waals surface area contributed by atoms with Crippen LogP contribution >= 0.6 is 35.2 Å². The van der Waals surface area contributed by atoms with Gasteiger partial charge in [-0.15, -0.1) is 11.3 Å². The lowest BCUT2D eigenvalue weighted by atomic mass is 9.99. The van der Waals surface area contributed by atoms with E-state index in [-0.39, 0.29) is 17.4 Å². The summed E-state index contributed by atoms with van der Waals surface area (Å²) in [5, 5.41) is 9.44. The van der Waals surface area contributed by atoms with E-state index in [1.807, 2.05) is 7.05 Å². The second-order valence-corrected chi connectivity index (χ2v) is 10.5. The fraction of sp³-hybridized carbons (Fsp3) is 0.455. The van der Waals surface area contributed by atoms with Gasteiger partial charge in [-0.25, -0.2) is 14.8 Å². The summed E-state index contributed by atoms with van der Waals surface area (Å²) in [5.74, 6) is -0.574. The van der Waals surface area contributed by atoms with Gasteiger partial charge >= 0.3 is 6.09 Å². The Bertz CT molecular complexity index is 1160. The Labute approximate surface area is 222 Å². The number of carbonyl (C=O) groups is 3. The van der Waals surface area contributed by atoms with Gasteiger partial charge < -0.3 is 30.5 Å². The Morgan fingerprint density at radius 1 is 1.22 bits per heavy atom. The number of hydrogen-bond acceptors (Lipinski definition) is 9. The molecule has 2 aliphatic rings. The number of pyridine rings is 1. The number of hydrogen-bond donors (Lipinski definition) is 3. The Kier molecular flexibility index (Phi) is 8.34. The molecule has 2 aliphatic heterocycles. The maximum atomic E-state index is 13.1. The molecule has 4 rings (SSSR count). The van der Waals surface area contributed by atoms with Crippen molar-refractivity contribution >= 4 is 63.9 Å². The first kappa shape index (κ1) is 26.2. The third-order valence-corrected chi connectivity index (χ3v) is 7.58. The van der Waals surface area contributed by atoms with Crippen molar-refractivity contribution < 1.29 is 19.1 Å². The van der Waals surface area contributed by atoms with Crippen LogP contribution in [0.15, 0.2) is 18.3 Å². The summed E-state index contributed by atoms with van der Waals surface area (Å²) < 4.78 is 4.85. The fourth-order valence-corrected chi connectivity index (χ4v) is 5.48. The molecule has 36 heavy (non-hydrogen) atoms. The van der Waals surface area contributed by atoms with E-state index < -0.39 is 24.1 Å². The molecule has 1 saturated heterocycles. The van der Waals surface area contributed by atoms with E-state index in [9.17, 15) is 14.4 Å². The number of anilines is 1. The number of likely N-dealkylation sites (tertiary alicyclic amines) is 1.